The summed E-state index contributed by atoms with van der Waals surface area (Å²) in [4.78, 5) is 36.3. The molecule has 1 saturated heterocycles. The number of hydrogen-bond acceptors (Lipinski definition) is 3. The van der Waals surface area contributed by atoms with Crippen molar-refractivity contribution >= 4 is 17.8 Å². The predicted molar refractivity (Wildman–Crippen MR) is 69.7 cm³/mol. The Hall–Kier alpha value is -2.24. The molecule has 1 aliphatic carbocycles. The zero-order valence-corrected chi connectivity index (χ0v) is 11.2. The van der Waals surface area contributed by atoms with Crippen LogP contribution in [0.15, 0.2) is 18.2 Å². The summed E-state index contributed by atoms with van der Waals surface area (Å²) in [7, 11) is 0. The lowest BCUT2D eigenvalue weighted by Crippen LogP contribution is -2.31. The minimum absolute atomic E-state index is 0.00147. The van der Waals surface area contributed by atoms with Gasteiger partial charge in [-0.05, 0) is 30.5 Å². The van der Waals surface area contributed by atoms with Crippen LogP contribution in [0.5, 0.6) is 0 Å². The molecule has 2 amide bonds. The van der Waals surface area contributed by atoms with Crippen LogP contribution < -0.4 is 0 Å². The molecular weight excluding hydrogens is 277 g/mol. The number of amides is 2. The van der Waals surface area contributed by atoms with E-state index in [4.69, 9.17) is 5.11 Å². The second kappa shape index (κ2) is 4.95. The highest BCUT2D eigenvalue weighted by molar-refractivity contribution is 6.05. The molecule has 1 aromatic rings. The maximum Gasteiger partial charge on any atom is 0.338 e. The third-order valence-corrected chi connectivity index (χ3v) is 4.29. The van der Waals surface area contributed by atoms with Crippen LogP contribution in [0.4, 0.5) is 4.39 Å². The van der Waals surface area contributed by atoms with Crippen molar-refractivity contribution in [2.24, 2.45) is 11.8 Å². The Morgan fingerprint density at radius 2 is 1.86 bits per heavy atom. The third-order valence-electron chi connectivity index (χ3n) is 4.29. The molecule has 0 bridgehead atoms. The Morgan fingerprint density at radius 3 is 2.38 bits per heavy atom. The summed E-state index contributed by atoms with van der Waals surface area (Å²) in [5, 5.41) is 8.78. The molecule has 5 nitrogen and oxygen atoms in total. The normalized spacial score (nSPS) is 24.5. The van der Waals surface area contributed by atoms with Crippen LogP contribution in [0.1, 0.15) is 35.2 Å². The highest BCUT2D eigenvalue weighted by atomic mass is 19.1. The second-order valence-corrected chi connectivity index (χ2v) is 5.53. The van der Waals surface area contributed by atoms with Crippen LogP contribution in [0.25, 0.3) is 0 Å². The third kappa shape index (κ3) is 2.20. The van der Waals surface area contributed by atoms with Crippen molar-refractivity contribution in [2.75, 3.05) is 0 Å². The number of carbonyl (C=O) groups is 3. The van der Waals surface area contributed by atoms with E-state index in [2.05, 4.69) is 0 Å². The van der Waals surface area contributed by atoms with Crippen molar-refractivity contribution in [3.8, 4) is 0 Å². The van der Waals surface area contributed by atoms with Crippen LogP contribution in [0.3, 0.4) is 0 Å². The summed E-state index contributed by atoms with van der Waals surface area (Å²) in [6, 6.07) is 3.65. The van der Waals surface area contributed by atoms with Gasteiger partial charge in [0.25, 0.3) is 0 Å². The highest BCUT2D eigenvalue weighted by Crippen LogP contribution is 2.40. The Morgan fingerprint density at radius 1 is 1.24 bits per heavy atom. The van der Waals surface area contributed by atoms with E-state index in [0.717, 1.165) is 31.4 Å². The van der Waals surface area contributed by atoms with Gasteiger partial charge in [-0.3, -0.25) is 14.5 Å². The van der Waals surface area contributed by atoms with Crippen LogP contribution >= 0.6 is 0 Å². The number of carboxylic acids is 1. The number of aromatic carboxylic acids is 1. The quantitative estimate of drug-likeness (QED) is 0.862. The number of hydrogen-bond donors (Lipinski definition) is 1. The summed E-state index contributed by atoms with van der Waals surface area (Å²) >= 11 is 0. The lowest BCUT2D eigenvalue weighted by molar-refractivity contribution is -0.141. The molecule has 0 radical (unpaired) electrons. The van der Waals surface area contributed by atoms with Crippen molar-refractivity contribution in [3.05, 3.63) is 35.1 Å². The fourth-order valence-corrected chi connectivity index (χ4v) is 3.23. The fourth-order valence-electron chi connectivity index (χ4n) is 3.23. The summed E-state index contributed by atoms with van der Waals surface area (Å²) in [6.45, 7) is 0.00147. The zero-order chi connectivity index (χ0) is 15.1. The van der Waals surface area contributed by atoms with E-state index in [9.17, 15) is 18.8 Å². The van der Waals surface area contributed by atoms with Crippen LogP contribution in [-0.2, 0) is 16.1 Å². The Bertz CT molecular complexity index is 621. The van der Waals surface area contributed by atoms with E-state index >= 15 is 0 Å². The molecule has 1 saturated carbocycles. The summed E-state index contributed by atoms with van der Waals surface area (Å²) < 4.78 is 13.6. The minimum Gasteiger partial charge on any atom is -0.478 e. The zero-order valence-electron chi connectivity index (χ0n) is 11.2. The molecule has 0 spiro atoms. The number of likely N-dealkylation sites (tertiary alicyclic amines) is 1. The van der Waals surface area contributed by atoms with Crippen LogP contribution in [0.2, 0.25) is 0 Å². The number of nitrogens with zero attached hydrogens (tertiary/aromatic N) is 1. The summed E-state index contributed by atoms with van der Waals surface area (Å²) in [5.74, 6) is -3.03. The van der Waals surface area contributed by atoms with Crippen LogP contribution in [-0.4, -0.2) is 27.8 Å². The molecule has 2 fully saturated rings. The number of rotatable bonds is 3. The molecule has 1 aliphatic heterocycles. The molecule has 2 atom stereocenters. The number of imide groups is 1. The van der Waals surface area contributed by atoms with Gasteiger partial charge < -0.3 is 5.11 Å². The van der Waals surface area contributed by atoms with Gasteiger partial charge in [0.1, 0.15) is 5.82 Å². The smallest absolute Gasteiger partial charge is 0.338 e. The Labute approximate surface area is 120 Å². The first-order valence-corrected chi connectivity index (χ1v) is 6.86. The lowest BCUT2D eigenvalue weighted by atomic mass is 10.00. The maximum absolute atomic E-state index is 13.6. The maximum atomic E-state index is 13.6. The molecule has 21 heavy (non-hydrogen) atoms. The Balaban J connectivity index is 1.81. The number of benzene rings is 1. The van der Waals surface area contributed by atoms with Gasteiger partial charge in [0.15, 0.2) is 0 Å². The molecule has 1 aromatic carbocycles. The fraction of sp³-hybridized carbons (Fsp3) is 0.400. The van der Waals surface area contributed by atoms with Crippen molar-refractivity contribution in [2.45, 2.75) is 25.8 Å². The standard InChI is InChI=1S/C15H14FNO4/c16-12-6-8(4-5-11(12)15(20)21)7-17-13(18)9-2-1-3-10(9)14(17)19/h4-6,9-10H,1-3,7H2,(H,20,21). The first-order chi connectivity index (χ1) is 9.99. The van der Waals surface area contributed by atoms with Crippen molar-refractivity contribution in [3.63, 3.8) is 0 Å². The Kier molecular flexibility index (Phi) is 3.23. The summed E-state index contributed by atoms with van der Waals surface area (Å²) in [6.07, 6.45) is 2.36. The molecule has 6 heteroatoms. The molecule has 3 rings (SSSR count). The van der Waals surface area contributed by atoms with E-state index in [-0.39, 0.29) is 30.2 Å². The van der Waals surface area contributed by atoms with E-state index in [1.165, 1.54) is 11.0 Å². The van der Waals surface area contributed by atoms with E-state index in [1.807, 2.05) is 0 Å². The number of fused-ring (bicyclic) bond motifs is 1. The minimum atomic E-state index is -1.35. The molecule has 2 aliphatic rings. The predicted octanol–water partition coefficient (Wildman–Crippen LogP) is 1.81. The lowest BCUT2D eigenvalue weighted by Gasteiger charge is -2.16. The average Bonchev–Trinajstić information content (AvgIpc) is 2.99. The topological polar surface area (TPSA) is 74.7 Å². The largest absolute Gasteiger partial charge is 0.478 e. The highest BCUT2D eigenvalue weighted by Gasteiger charge is 2.49. The number of carbonyl (C=O) groups excluding carboxylic acids is 2. The first kappa shape index (κ1) is 13.7. The van der Waals surface area contributed by atoms with Crippen molar-refractivity contribution in [1.29, 1.82) is 0 Å². The van der Waals surface area contributed by atoms with E-state index < -0.39 is 17.3 Å². The number of carboxylic acid groups (broad SMARTS) is 1. The molecule has 110 valence electrons. The van der Waals surface area contributed by atoms with Gasteiger partial charge >= 0.3 is 5.97 Å². The SMILES string of the molecule is O=C(O)c1ccc(CN2C(=O)C3CCCC3C2=O)cc1F. The molecule has 2 unspecified atom stereocenters. The van der Waals surface area contributed by atoms with Gasteiger partial charge in [0, 0.05) is 0 Å². The molecule has 1 heterocycles. The average molecular weight is 291 g/mol. The second-order valence-electron chi connectivity index (χ2n) is 5.53. The van der Waals surface area contributed by atoms with Gasteiger partial charge in [0.2, 0.25) is 11.8 Å². The monoisotopic (exact) mass is 291 g/mol. The van der Waals surface area contributed by atoms with Crippen molar-refractivity contribution in [1.82, 2.24) is 4.90 Å². The van der Waals surface area contributed by atoms with Gasteiger partial charge in [-0.15, -0.1) is 0 Å². The van der Waals surface area contributed by atoms with Gasteiger partial charge in [-0.2, -0.15) is 0 Å². The van der Waals surface area contributed by atoms with E-state index in [0.29, 0.717) is 5.56 Å². The van der Waals surface area contributed by atoms with E-state index in [1.54, 1.807) is 0 Å². The summed E-state index contributed by atoms with van der Waals surface area (Å²) in [5.41, 5.74) is -0.00568. The van der Waals surface area contributed by atoms with Crippen LogP contribution in [0, 0.1) is 17.7 Å². The van der Waals surface area contributed by atoms with Gasteiger partial charge in [0.05, 0.1) is 23.9 Å². The molecular formula is C15H14FNO4. The molecule has 0 aromatic heterocycles. The van der Waals surface area contributed by atoms with Gasteiger partial charge in [-0.25, -0.2) is 9.18 Å². The van der Waals surface area contributed by atoms with Gasteiger partial charge in [-0.1, -0.05) is 12.5 Å². The number of halogens is 1. The van der Waals surface area contributed by atoms with Crippen molar-refractivity contribution < 1.29 is 23.9 Å². The first-order valence-electron chi connectivity index (χ1n) is 6.86. The molecule has 1 N–H and O–H groups in total.